The van der Waals surface area contributed by atoms with E-state index >= 15 is 0 Å². The van der Waals surface area contributed by atoms with Crippen LogP contribution in [0.1, 0.15) is 17.9 Å². The van der Waals surface area contributed by atoms with Gasteiger partial charge >= 0.3 is 0 Å². The molecule has 0 bridgehead atoms. The molecule has 0 spiro atoms. The highest BCUT2D eigenvalue weighted by molar-refractivity contribution is 9.10. The maximum Gasteiger partial charge on any atom is 0.229 e. The number of halogens is 1. The summed E-state index contributed by atoms with van der Waals surface area (Å²) in [5.74, 6) is 1.63. The molecule has 1 saturated heterocycles. The molecule has 2 aromatic rings. The van der Waals surface area contributed by atoms with E-state index in [0.29, 0.717) is 39.1 Å². The van der Waals surface area contributed by atoms with Crippen LogP contribution in [-0.4, -0.2) is 49.8 Å². The Balaban J connectivity index is 1.69. The van der Waals surface area contributed by atoms with E-state index in [2.05, 4.69) is 22.0 Å². The topological polar surface area (TPSA) is 95.3 Å². The number of phenolic OH excluding ortho intramolecular Hbond substituents is 1. The fourth-order valence-corrected chi connectivity index (χ4v) is 5.61. The van der Waals surface area contributed by atoms with Gasteiger partial charge in [0.15, 0.2) is 11.5 Å². The zero-order chi connectivity index (χ0) is 23.7. The molecule has 10 heteroatoms. The van der Waals surface area contributed by atoms with Crippen molar-refractivity contribution in [1.82, 2.24) is 4.90 Å². The Kier molecular flexibility index (Phi) is 6.63. The second kappa shape index (κ2) is 9.45. The number of allylic oxidation sites excluding steroid dienone is 1. The quantitative estimate of drug-likeness (QED) is 0.606. The molecule has 0 unspecified atom stereocenters. The number of hydrogen-bond acceptors (Lipinski definition) is 8. The lowest BCUT2D eigenvalue weighted by Crippen LogP contribution is -2.47. The predicted molar refractivity (Wildman–Crippen MR) is 129 cm³/mol. The first-order valence-electron chi connectivity index (χ1n) is 10.0. The number of rotatable bonds is 5. The number of thioether (sulfide) groups is 1. The Morgan fingerprint density at radius 1 is 1.15 bits per heavy atom. The van der Waals surface area contributed by atoms with E-state index in [-0.39, 0.29) is 23.8 Å². The van der Waals surface area contributed by atoms with Gasteiger partial charge in [0.2, 0.25) is 5.91 Å². The first kappa shape index (κ1) is 23.1. The average Bonchev–Trinajstić information content (AvgIpc) is 2.84. The van der Waals surface area contributed by atoms with Crippen LogP contribution in [0.4, 0.5) is 5.69 Å². The molecule has 1 N–H and O–H groups in total. The SMILES string of the molecule is COc1ccc(N2CSC3=C(C#N)[C@@H](c4cc(Br)c(O)c(OC)c4)CC(=O)N3C2)c(OC)c1. The number of benzene rings is 2. The number of amides is 1. The standard InChI is InChI=1S/C23H22BrN3O5S/c1-30-14-4-5-18(19(8-14)31-2)26-11-27-21(28)9-15(16(10-25)23(27)33-12-26)13-6-17(24)22(29)20(7-13)32-3/h4-8,15,29H,9,11-12H2,1-3H3/t15-/m1/s1. The number of carbonyl (C=O) groups is 1. The van der Waals surface area contributed by atoms with E-state index in [4.69, 9.17) is 14.2 Å². The number of phenols is 1. The summed E-state index contributed by atoms with van der Waals surface area (Å²) in [7, 11) is 4.65. The summed E-state index contributed by atoms with van der Waals surface area (Å²) >= 11 is 4.77. The van der Waals surface area contributed by atoms with Gasteiger partial charge in [0.25, 0.3) is 0 Å². The van der Waals surface area contributed by atoms with Crippen LogP contribution in [-0.2, 0) is 4.79 Å². The zero-order valence-corrected chi connectivity index (χ0v) is 20.7. The molecular weight excluding hydrogens is 510 g/mol. The molecule has 1 amide bonds. The Morgan fingerprint density at radius 3 is 2.58 bits per heavy atom. The summed E-state index contributed by atoms with van der Waals surface area (Å²) in [6, 6.07) is 11.3. The molecule has 8 nitrogen and oxygen atoms in total. The predicted octanol–water partition coefficient (Wildman–Crippen LogP) is 4.40. The number of aromatic hydroxyl groups is 1. The van der Waals surface area contributed by atoms with E-state index in [1.165, 1.54) is 18.9 Å². The van der Waals surface area contributed by atoms with Crippen LogP contribution >= 0.6 is 27.7 Å². The molecule has 0 saturated carbocycles. The third-order valence-electron chi connectivity index (χ3n) is 5.69. The van der Waals surface area contributed by atoms with Crippen molar-refractivity contribution in [2.75, 3.05) is 38.8 Å². The second-order valence-corrected chi connectivity index (χ2v) is 9.24. The average molecular weight is 532 g/mol. The molecule has 0 aromatic heterocycles. The zero-order valence-electron chi connectivity index (χ0n) is 18.3. The summed E-state index contributed by atoms with van der Waals surface area (Å²) in [6.07, 6.45) is 0.140. The Hall–Kier alpha value is -3.03. The maximum absolute atomic E-state index is 13.2. The van der Waals surface area contributed by atoms with E-state index in [9.17, 15) is 15.2 Å². The number of methoxy groups -OCH3 is 3. The first-order valence-corrected chi connectivity index (χ1v) is 11.8. The fraction of sp³-hybridized carbons (Fsp3) is 0.304. The molecule has 2 heterocycles. The van der Waals surface area contributed by atoms with E-state index < -0.39 is 5.92 Å². The smallest absolute Gasteiger partial charge is 0.229 e. The van der Waals surface area contributed by atoms with Crippen LogP contribution in [0.3, 0.4) is 0 Å². The maximum atomic E-state index is 13.2. The number of hydrogen-bond donors (Lipinski definition) is 1. The lowest BCUT2D eigenvalue weighted by atomic mass is 9.86. The molecule has 2 aliphatic heterocycles. The highest BCUT2D eigenvalue weighted by Crippen LogP contribution is 2.47. The lowest BCUT2D eigenvalue weighted by Gasteiger charge is -2.42. The molecule has 0 aliphatic carbocycles. The molecule has 4 rings (SSSR count). The summed E-state index contributed by atoms with van der Waals surface area (Å²) in [5.41, 5.74) is 2.10. The first-order chi connectivity index (χ1) is 15.9. The van der Waals surface area contributed by atoms with Gasteiger partial charge in [0, 0.05) is 18.4 Å². The molecular formula is C23H22BrN3O5S. The number of nitriles is 1. The van der Waals surface area contributed by atoms with Crippen LogP contribution in [0.5, 0.6) is 23.0 Å². The summed E-state index contributed by atoms with van der Waals surface area (Å²) in [4.78, 5) is 16.9. The van der Waals surface area contributed by atoms with Gasteiger partial charge in [-0.2, -0.15) is 5.26 Å². The fourth-order valence-electron chi connectivity index (χ4n) is 4.00. The van der Waals surface area contributed by atoms with Crippen LogP contribution in [0.25, 0.3) is 0 Å². The number of fused-ring (bicyclic) bond motifs is 1. The van der Waals surface area contributed by atoms with Gasteiger partial charge in [-0.3, -0.25) is 9.69 Å². The van der Waals surface area contributed by atoms with Crippen molar-refractivity contribution in [3.8, 4) is 29.1 Å². The number of carbonyl (C=O) groups excluding carboxylic acids is 1. The van der Waals surface area contributed by atoms with E-state index in [1.807, 2.05) is 17.0 Å². The van der Waals surface area contributed by atoms with Gasteiger partial charge in [-0.1, -0.05) is 11.8 Å². The van der Waals surface area contributed by atoms with Gasteiger partial charge in [0.1, 0.15) is 11.5 Å². The van der Waals surface area contributed by atoms with Gasteiger partial charge < -0.3 is 24.2 Å². The number of ether oxygens (including phenoxy) is 3. The summed E-state index contributed by atoms with van der Waals surface area (Å²) in [5, 5.41) is 20.8. The van der Waals surface area contributed by atoms with Crippen LogP contribution in [0.2, 0.25) is 0 Å². The van der Waals surface area contributed by atoms with Crippen molar-refractivity contribution in [1.29, 1.82) is 5.26 Å². The number of anilines is 1. The minimum Gasteiger partial charge on any atom is -0.503 e. The molecule has 2 aliphatic rings. The van der Waals surface area contributed by atoms with Gasteiger partial charge in [0.05, 0.1) is 60.7 Å². The molecule has 1 atom stereocenters. The molecule has 33 heavy (non-hydrogen) atoms. The van der Waals surface area contributed by atoms with Crippen molar-refractivity contribution >= 4 is 39.3 Å². The van der Waals surface area contributed by atoms with Crippen molar-refractivity contribution in [2.24, 2.45) is 0 Å². The minimum absolute atomic E-state index is 0.0210. The van der Waals surface area contributed by atoms with Crippen LogP contribution in [0, 0.1) is 11.3 Å². The Bertz CT molecular complexity index is 1180. The van der Waals surface area contributed by atoms with Crippen molar-refractivity contribution in [3.05, 3.63) is 51.0 Å². The van der Waals surface area contributed by atoms with Gasteiger partial charge in [-0.15, -0.1) is 0 Å². The highest BCUT2D eigenvalue weighted by atomic mass is 79.9. The third-order valence-corrected chi connectivity index (χ3v) is 7.45. The Labute approximate surface area is 204 Å². The van der Waals surface area contributed by atoms with E-state index in [1.54, 1.807) is 37.3 Å². The van der Waals surface area contributed by atoms with Crippen molar-refractivity contribution in [3.63, 3.8) is 0 Å². The molecule has 172 valence electrons. The van der Waals surface area contributed by atoms with E-state index in [0.717, 1.165) is 11.3 Å². The largest absolute Gasteiger partial charge is 0.503 e. The summed E-state index contributed by atoms with van der Waals surface area (Å²) in [6.45, 7) is 0.310. The van der Waals surface area contributed by atoms with Gasteiger partial charge in [-0.05, 0) is 45.8 Å². The van der Waals surface area contributed by atoms with Crippen molar-refractivity contribution in [2.45, 2.75) is 12.3 Å². The molecule has 0 radical (unpaired) electrons. The lowest BCUT2D eigenvalue weighted by molar-refractivity contribution is -0.129. The third kappa shape index (κ3) is 4.18. The van der Waals surface area contributed by atoms with Crippen LogP contribution < -0.4 is 19.1 Å². The monoisotopic (exact) mass is 531 g/mol. The van der Waals surface area contributed by atoms with Gasteiger partial charge in [-0.25, -0.2) is 0 Å². The van der Waals surface area contributed by atoms with Crippen LogP contribution in [0.15, 0.2) is 45.4 Å². The molecule has 2 aromatic carbocycles. The van der Waals surface area contributed by atoms with Crippen molar-refractivity contribution < 1.29 is 24.1 Å². The summed E-state index contributed by atoms with van der Waals surface area (Å²) < 4.78 is 16.5. The Morgan fingerprint density at radius 2 is 1.91 bits per heavy atom. The number of nitrogens with zero attached hydrogens (tertiary/aromatic N) is 3. The second-order valence-electron chi connectivity index (χ2n) is 7.46. The minimum atomic E-state index is -0.422. The highest BCUT2D eigenvalue weighted by Gasteiger charge is 2.39. The normalized spacial score (nSPS) is 18.0. The molecule has 1 fully saturated rings.